The SMILES string of the molecule is CCCCN(CCCC)C(=O)CSc1nnc2n(C)c(=O)c3ccccc3n12. The summed E-state index contributed by atoms with van der Waals surface area (Å²) in [6, 6.07) is 7.41. The highest BCUT2D eigenvalue weighted by Gasteiger charge is 2.18. The Kier molecular flexibility index (Phi) is 6.72. The Morgan fingerprint density at radius 2 is 1.79 bits per heavy atom. The monoisotopic (exact) mass is 401 g/mol. The molecular weight excluding hydrogens is 374 g/mol. The van der Waals surface area contributed by atoms with E-state index in [1.165, 1.54) is 16.3 Å². The lowest BCUT2D eigenvalue weighted by Gasteiger charge is -2.22. The van der Waals surface area contributed by atoms with Gasteiger partial charge in [-0.15, -0.1) is 10.2 Å². The van der Waals surface area contributed by atoms with E-state index >= 15 is 0 Å². The van der Waals surface area contributed by atoms with Crippen molar-refractivity contribution < 1.29 is 4.79 Å². The quantitative estimate of drug-likeness (QED) is 0.515. The standard InChI is InChI=1S/C20H27N5O2S/c1-4-6-12-24(13-7-5-2)17(26)14-28-20-22-21-19-23(3)18(27)15-10-8-9-11-16(15)25(19)20/h8-11H,4-7,12-14H2,1-3H3. The molecule has 0 N–H and O–H groups in total. The number of carbonyl (C=O) groups is 1. The molecule has 0 unspecified atom stereocenters. The van der Waals surface area contributed by atoms with E-state index in [0.717, 1.165) is 44.3 Å². The highest BCUT2D eigenvalue weighted by molar-refractivity contribution is 7.99. The van der Waals surface area contributed by atoms with Gasteiger partial charge in [-0.1, -0.05) is 50.6 Å². The van der Waals surface area contributed by atoms with Crippen molar-refractivity contribution >= 4 is 34.3 Å². The van der Waals surface area contributed by atoms with Crippen LogP contribution in [0.1, 0.15) is 39.5 Å². The van der Waals surface area contributed by atoms with Crippen molar-refractivity contribution in [2.24, 2.45) is 7.05 Å². The number of fused-ring (bicyclic) bond motifs is 3. The lowest BCUT2D eigenvalue weighted by molar-refractivity contribution is -0.128. The van der Waals surface area contributed by atoms with Gasteiger partial charge in [-0.05, 0) is 25.0 Å². The number of carbonyl (C=O) groups excluding carboxylic acids is 1. The molecule has 8 heteroatoms. The number of unbranched alkanes of at least 4 members (excludes halogenated alkanes) is 2. The summed E-state index contributed by atoms with van der Waals surface area (Å²) in [6.45, 7) is 5.87. The molecule has 0 aliphatic heterocycles. The first kappa shape index (κ1) is 20.4. The summed E-state index contributed by atoms with van der Waals surface area (Å²) in [5.41, 5.74) is 0.655. The highest BCUT2D eigenvalue weighted by Crippen LogP contribution is 2.21. The molecule has 0 saturated carbocycles. The van der Waals surface area contributed by atoms with Crippen LogP contribution < -0.4 is 5.56 Å². The molecule has 3 aromatic rings. The molecule has 0 radical (unpaired) electrons. The Bertz CT molecular complexity index is 1020. The van der Waals surface area contributed by atoms with E-state index < -0.39 is 0 Å². The fourth-order valence-electron chi connectivity index (χ4n) is 3.18. The summed E-state index contributed by atoms with van der Waals surface area (Å²) in [6.07, 6.45) is 4.16. The largest absolute Gasteiger partial charge is 0.342 e. The van der Waals surface area contributed by atoms with Gasteiger partial charge in [-0.2, -0.15) is 0 Å². The molecule has 0 aliphatic carbocycles. The molecule has 150 valence electrons. The van der Waals surface area contributed by atoms with Gasteiger partial charge < -0.3 is 4.90 Å². The van der Waals surface area contributed by atoms with Crippen molar-refractivity contribution in [2.45, 2.75) is 44.7 Å². The summed E-state index contributed by atoms with van der Waals surface area (Å²) in [4.78, 5) is 27.2. The van der Waals surface area contributed by atoms with Crippen LogP contribution in [0.3, 0.4) is 0 Å². The molecule has 3 rings (SSSR count). The van der Waals surface area contributed by atoms with Crippen LogP contribution in [0.2, 0.25) is 0 Å². The van der Waals surface area contributed by atoms with Gasteiger partial charge in [-0.3, -0.25) is 18.6 Å². The van der Waals surface area contributed by atoms with E-state index in [0.29, 0.717) is 22.1 Å². The summed E-state index contributed by atoms with van der Waals surface area (Å²) in [5.74, 6) is 0.913. The molecule has 0 aliphatic rings. The summed E-state index contributed by atoms with van der Waals surface area (Å²) < 4.78 is 3.35. The van der Waals surface area contributed by atoms with Crippen molar-refractivity contribution in [1.82, 2.24) is 24.1 Å². The predicted molar refractivity (Wildman–Crippen MR) is 113 cm³/mol. The third-order valence-corrected chi connectivity index (χ3v) is 5.75. The number of hydrogen-bond donors (Lipinski definition) is 0. The smallest absolute Gasteiger partial charge is 0.262 e. The number of aromatic nitrogens is 4. The van der Waals surface area contributed by atoms with Gasteiger partial charge in [0, 0.05) is 20.1 Å². The lowest BCUT2D eigenvalue weighted by Crippen LogP contribution is -2.34. The molecule has 1 aromatic carbocycles. The van der Waals surface area contributed by atoms with Gasteiger partial charge in [0.2, 0.25) is 11.7 Å². The molecule has 2 aromatic heterocycles. The zero-order valence-corrected chi connectivity index (χ0v) is 17.5. The van der Waals surface area contributed by atoms with Gasteiger partial charge in [0.1, 0.15) is 0 Å². The molecule has 0 fully saturated rings. The third kappa shape index (κ3) is 4.06. The predicted octanol–water partition coefficient (Wildman–Crippen LogP) is 3.10. The van der Waals surface area contributed by atoms with Gasteiger partial charge in [0.05, 0.1) is 16.7 Å². The van der Waals surface area contributed by atoms with Crippen LogP contribution in [0.5, 0.6) is 0 Å². The number of aryl methyl sites for hydroxylation is 1. The minimum Gasteiger partial charge on any atom is -0.342 e. The lowest BCUT2D eigenvalue weighted by atomic mass is 10.2. The Balaban J connectivity index is 1.86. The maximum absolute atomic E-state index is 12.8. The first-order valence-electron chi connectivity index (χ1n) is 9.81. The summed E-state index contributed by atoms with van der Waals surface area (Å²) in [5, 5.41) is 9.67. The molecule has 2 heterocycles. The van der Waals surface area contributed by atoms with E-state index in [2.05, 4.69) is 24.0 Å². The van der Waals surface area contributed by atoms with Crippen molar-refractivity contribution in [2.75, 3.05) is 18.8 Å². The number of para-hydroxylation sites is 1. The van der Waals surface area contributed by atoms with E-state index in [1.54, 1.807) is 13.1 Å². The van der Waals surface area contributed by atoms with Gasteiger partial charge in [0.25, 0.3) is 5.56 Å². The highest BCUT2D eigenvalue weighted by atomic mass is 32.2. The van der Waals surface area contributed by atoms with E-state index in [9.17, 15) is 9.59 Å². The minimum atomic E-state index is -0.103. The number of benzene rings is 1. The number of hydrogen-bond acceptors (Lipinski definition) is 5. The van der Waals surface area contributed by atoms with Gasteiger partial charge in [0.15, 0.2) is 5.16 Å². The van der Waals surface area contributed by atoms with Crippen molar-refractivity contribution in [3.05, 3.63) is 34.6 Å². The second-order valence-electron chi connectivity index (χ2n) is 6.88. The van der Waals surface area contributed by atoms with Crippen molar-refractivity contribution in [1.29, 1.82) is 0 Å². The molecule has 0 atom stereocenters. The van der Waals surface area contributed by atoms with Crippen LogP contribution in [0.4, 0.5) is 0 Å². The normalized spacial score (nSPS) is 11.4. The van der Waals surface area contributed by atoms with E-state index in [1.807, 2.05) is 27.5 Å². The van der Waals surface area contributed by atoms with Crippen molar-refractivity contribution in [3.8, 4) is 0 Å². The molecule has 1 amide bonds. The maximum Gasteiger partial charge on any atom is 0.262 e. The fourth-order valence-corrected chi connectivity index (χ4v) is 4.02. The average Bonchev–Trinajstić information content (AvgIpc) is 3.14. The summed E-state index contributed by atoms with van der Waals surface area (Å²) in [7, 11) is 1.69. The first-order valence-corrected chi connectivity index (χ1v) is 10.8. The number of amides is 1. The number of thioether (sulfide) groups is 1. The van der Waals surface area contributed by atoms with Gasteiger partial charge >= 0.3 is 0 Å². The maximum atomic E-state index is 12.8. The van der Waals surface area contributed by atoms with Crippen LogP contribution in [-0.4, -0.2) is 48.8 Å². The Labute approximate surface area is 168 Å². The number of rotatable bonds is 9. The average molecular weight is 402 g/mol. The Hall–Kier alpha value is -2.35. The molecule has 7 nitrogen and oxygen atoms in total. The fraction of sp³-hybridized carbons (Fsp3) is 0.500. The Morgan fingerprint density at radius 3 is 2.46 bits per heavy atom. The molecule has 28 heavy (non-hydrogen) atoms. The molecule has 0 spiro atoms. The third-order valence-electron chi connectivity index (χ3n) is 4.84. The van der Waals surface area contributed by atoms with Crippen LogP contribution >= 0.6 is 11.8 Å². The van der Waals surface area contributed by atoms with Crippen LogP contribution in [-0.2, 0) is 11.8 Å². The molecule has 0 bridgehead atoms. The molecule has 0 saturated heterocycles. The second kappa shape index (κ2) is 9.23. The zero-order valence-electron chi connectivity index (χ0n) is 16.7. The summed E-state index contributed by atoms with van der Waals surface area (Å²) >= 11 is 1.37. The second-order valence-corrected chi connectivity index (χ2v) is 7.82. The van der Waals surface area contributed by atoms with Crippen LogP contribution in [0, 0.1) is 0 Å². The van der Waals surface area contributed by atoms with Crippen LogP contribution in [0.25, 0.3) is 16.7 Å². The number of nitrogens with zero attached hydrogens (tertiary/aromatic N) is 5. The Morgan fingerprint density at radius 1 is 1.11 bits per heavy atom. The van der Waals surface area contributed by atoms with Gasteiger partial charge in [-0.25, -0.2) is 0 Å². The van der Waals surface area contributed by atoms with E-state index in [4.69, 9.17) is 0 Å². The van der Waals surface area contributed by atoms with Crippen molar-refractivity contribution in [3.63, 3.8) is 0 Å². The minimum absolute atomic E-state index is 0.103. The molecular formula is C20H27N5O2S. The zero-order chi connectivity index (χ0) is 20.1. The first-order chi connectivity index (χ1) is 13.6. The topological polar surface area (TPSA) is 72.5 Å². The van der Waals surface area contributed by atoms with E-state index in [-0.39, 0.29) is 11.5 Å². The van der Waals surface area contributed by atoms with Crippen LogP contribution in [0.15, 0.2) is 34.2 Å².